The number of thioether (sulfide) groups is 2. The molecule has 0 saturated carbocycles. The molecule has 0 atom stereocenters. The normalized spacial score (nSPS) is 10.6. The van der Waals surface area contributed by atoms with Gasteiger partial charge in [0, 0.05) is 43.8 Å². The zero-order valence-electron chi connectivity index (χ0n) is 12.1. The molecule has 8 heteroatoms. The molecule has 0 bridgehead atoms. The molecule has 0 fully saturated rings. The maximum atomic E-state index is 6.33. The summed E-state index contributed by atoms with van der Waals surface area (Å²) < 4.78 is 1.42. The maximum Gasteiger partial charge on any atom is 0.137 e. The molecule has 1 aromatic carbocycles. The number of thiocarbonyl (C=S) groups is 2. The molecule has 0 aliphatic carbocycles. The van der Waals surface area contributed by atoms with Gasteiger partial charge < -0.3 is 9.80 Å². The Morgan fingerprint density at radius 1 is 0.952 bits per heavy atom. The van der Waals surface area contributed by atoms with Crippen molar-refractivity contribution in [3.8, 4) is 0 Å². The molecule has 0 aliphatic heterocycles. The summed E-state index contributed by atoms with van der Waals surface area (Å²) in [4.78, 5) is 3.77. The SMILES string of the molecule is CN(C)C(=S)SC(SC(=S)N(C)C)c1c(Cl)cccc1Cl. The average molecular weight is 399 g/mol. The van der Waals surface area contributed by atoms with E-state index in [4.69, 9.17) is 47.6 Å². The van der Waals surface area contributed by atoms with Crippen LogP contribution in [0.15, 0.2) is 18.2 Å². The number of nitrogens with zero attached hydrogens (tertiary/aromatic N) is 2. The van der Waals surface area contributed by atoms with Crippen molar-refractivity contribution in [1.82, 2.24) is 9.80 Å². The second kappa shape index (κ2) is 8.79. The van der Waals surface area contributed by atoms with E-state index in [2.05, 4.69) is 0 Å². The molecule has 0 saturated heterocycles. The predicted molar refractivity (Wildman–Crippen MR) is 107 cm³/mol. The fourth-order valence-corrected chi connectivity index (χ4v) is 5.36. The number of benzene rings is 1. The molecule has 21 heavy (non-hydrogen) atoms. The molecule has 0 aromatic heterocycles. The van der Waals surface area contributed by atoms with Crippen molar-refractivity contribution >= 4 is 79.8 Å². The van der Waals surface area contributed by atoms with Gasteiger partial charge in [-0.05, 0) is 12.1 Å². The van der Waals surface area contributed by atoms with Crippen LogP contribution in [0.25, 0.3) is 0 Å². The highest BCUT2D eigenvalue weighted by Gasteiger charge is 2.24. The zero-order chi connectivity index (χ0) is 16.2. The minimum atomic E-state index is -0.0870. The molecule has 0 radical (unpaired) electrons. The fraction of sp³-hybridized carbons (Fsp3) is 0.385. The summed E-state index contributed by atoms with van der Waals surface area (Å²) in [6.45, 7) is 0. The van der Waals surface area contributed by atoms with E-state index in [1.165, 1.54) is 23.5 Å². The van der Waals surface area contributed by atoms with Gasteiger partial charge in [0.25, 0.3) is 0 Å². The molecule has 0 N–H and O–H groups in total. The third-order valence-electron chi connectivity index (χ3n) is 2.38. The molecule has 0 unspecified atom stereocenters. The van der Waals surface area contributed by atoms with Crippen LogP contribution in [-0.2, 0) is 0 Å². The highest BCUT2D eigenvalue weighted by Crippen LogP contribution is 2.47. The smallest absolute Gasteiger partial charge is 0.137 e. The van der Waals surface area contributed by atoms with Crippen molar-refractivity contribution in [3.63, 3.8) is 0 Å². The minimum Gasteiger partial charge on any atom is -0.364 e. The summed E-state index contributed by atoms with van der Waals surface area (Å²) in [6, 6.07) is 5.48. The van der Waals surface area contributed by atoms with Crippen molar-refractivity contribution in [3.05, 3.63) is 33.8 Å². The lowest BCUT2D eigenvalue weighted by Crippen LogP contribution is -2.20. The molecule has 1 aromatic rings. The van der Waals surface area contributed by atoms with Crippen molar-refractivity contribution in [1.29, 1.82) is 0 Å². The second-order valence-corrected chi connectivity index (χ2v) is 9.11. The summed E-state index contributed by atoms with van der Waals surface area (Å²) >= 11 is 26.5. The number of halogens is 2. The lowest BCUT2D eigenvalue weighted by Gasteiger charge is -2.24. The third-order valence-corrected chi connectivity index (χ3v) is 6.96. The van der Waals surface area contributed by atoms with Crippen LogP contribution in [0.5, 0.6) is 0 Å². The molecule has 0 spiro atoms. The number of hydrogen-bond donors (Lipinski definition) is 0. The molecule has 0 aliphatic rings. The van der Waals surface area contributed by atoms with Gasteiger partial charge in [0.15, 0.2) is 0 Å². The van der Waals surface area contributed by atoms with Crippen molar-refractivity contribution in [2.45, 2.75) is 4.58 Å². The van der Waals surface area contributed by atoms with E-state index in [9.17, 15) is 0 Å². The molecular weight excluding hydrogens is 383 g/mol. The summed E-state index contributed by atoms with van der Waals surface area (Å²) in [5, 5.41) is 1.24. The lowest BCUT2D eigenvalue weighted by molar-refractivity contribution is 0.647. The largest absolute Gasteiger partial charge is 0.364 e. The Labute approximate surface area is 155 Å². The van der Waals surface area contributed by atoms with E-state index in [-0.39, 0.29) is 4.58 Å². The van der Waals surface area contributed by atoms with Crippen LogP contribution in [-0.4, -0.2) is 46.6 Å². The molecular formula is C13H16Cl2N2S4. The topological polar surface area (TPSA) is 6.48 Å². The summed E-state index contributed by atoms with van der Waals surface area (Å²) in [5.74, 6) is 0. The first kappa shape index (κ1) is 19.3. The van der Waals surface area contributed by atoms with Crippen LogP contribution >= 0.6 is 71.2 Å². The van der Waals surface area contributed by atoms with Crippen LogP contribution in [0, 0.1) is 0 Å². The van der Waals surface area contributed by atoms with E-state index in [1.54, 1.807) is 0 Å². The van der Waals surface area contributed by atoms with E-state index in [0.29, 0.717) is 10.0 Å². The number of rotatable bonds is 3. The van der Waals surface area contributed by atoms with Crippen molar-refractivity contribution in [2.75, 3.05) is 28.2 Å². The van der Waals surface area contributed by atoms with Gasteiger partial charge in [-0.3, -0.25) is 0 Å². The highest BCUT2D eigenvalue weighted by molar-refractivity contribution is 8.35. The standard InChI is InChI=1S/C13H16Cl2N2S4/c1-16(2)12(18)20-11(21-13(19)17(3)4)10-8(14)6-5-7-9(10)15/h5-7,11H,1-4H3. The van der Waals surface area contributed by atoms with Crippen molar-refractivity contribution < 1.29 is 0 Å². The fourth-order valence-electron chi connectivity index (χ4n) is 1.27. The van der Waals surface area contributed by atoms with Crippen LogP contribution in [0.2, 0.25) is 10.0 Å². The molecule has 0 amide bonds. The van der Waals surface area contributed by atoms with Crippen LogP contribution in [0.3, 0.4) is 0 Å². The zero-order valence-corrected chi connectivity index (χ0v) is 16.9. The predicted octanol–water partition coefficient (Wildman–Crippen LogP) is 5.15. The first-order valence-corrected chi connectivity index (χ1v) is 9.27. The maximum absolute atomic E-state index is 6.33. The Kier molecular flexibility index (Phi) is 8.09. The number of hydrogen-bond acceptors (Lipinski definition) is 4. The monoisotopic (exact) mass is 398 g/mol. The van der Waals surface area contributed by atoms with E-state index in [1.807, 2.05) is 56.2 Å². The third kappa shape index (κ3) is 5.77. The van der Waals surface area contributed by atoms with Gasteiger partial charge in [0.1, 0.15) is 8.64 Å². The lowest BCUT2D eigenvalue weighted by atomic mass is 10.2. The Morgan fingerprint density at radius 3 is 1.67 bits per heavy atom. The first-order chi connectivity index (χ1) is 9.73. The minimum absolute atomic E-state index is 0.0870. The van der Waals surface area contributed by atoms with Crippen molar-refractivity contribution in [2.24, 2.45) is 0 Å². The van der Waals surface area contributed by atoms with Gasteiger partial charge in [-0.25, -0.2) is 0 Å². The highest BCUT2D eigenvalue weighted by atomic mass is 35.5. The van der Waals surface area contributed by atoms with Gasteiger partial charge in [-0.15, -0.1) is 0 Å². The van der Waals surface area contributed by atoms with E-state index < -0.39 is 0 Å². The van der Waals surface area contributed by atoms with Gasteiger partial charge in [-0.2, -0.15) is 0 Å². The second-order valence-electron chi connectivity index (χ2n) is 4.52. The van der Waals surface area contributed by atoms with Crippen LogP contribution in [0.4, 0.5) is 0 Å². The Bertz CT molecular complexity index is 493. The summed E-state index contributed by atoms with van der Waals surface area (Å²) in [6.07, 6.45) is 0. The molecule has 2 nitrogen and oxygen atoms in total. The van der Waals surface area contributed by atoms with Crippen LogP contribution < -0.4 is 0 Å². The van der Waals surface area contributed by atoms with E-state index >= 15 is 0 Å². The van der Waals surface area contributed by atoms with Gasteiger partial charge in [0.2, 0.25) is 0 Å². The molecule has 116 valence electrons. The van der Waals surface area contributed by atoms with Gasteiger partial charge in [0.05, 0.1) is 4.58 Å². The van der Waals surface area contributed by atoms with Gasteiger partial charge >= 0.3 is 0 Å². The average Bonchev–Trinajstić information content (AvgIpc) is 2.37. The first-order valence-electron chi connectivity index (χ1n) is 5.93. The van der Waals surface area contributed by atoms with Crippen LogP contribution in [0.1, 0.15) is 10.1 Å². The Hall–Kier alpha value is 0.280. The summed E-state index contributed by atoms with van der Waals surface area (Å²) in [7, 11) is 7.65. The molecule has 1 rings (SSSR count). The molecule has 0 heterocycles. The van der Waals surface area contributed by atoms with E-state index in [0.717, 1.165) is 14.2 Å². The Morgan fingerprint density at radius 2 is 1.33 bits per heavy atom. The Balaban J connectivity index is 3.12. The quantitative estimate of drug-likeness (QED) is 0.509. The van der Waals surface area contributed by atoms with Gasteiger partial charge in [-0.1, -0.05) is 77.2 Å². The summed E-state index contributed by atoms with van der Waals surface area (Å²) in [5.41, 5.74) is 0.851.